The van der Waals surface area contributed by atoms with Gasteiger partial charge in [0.05, 0.1) is 29.4 Å². The Hall–Kier alpha value is -5.14. The van der Waals surface area contributed by atoms with E-state index in [4.69, 9.17) is 0 Å². The number of alkyl halides is 6. The highest BCUT2D eigenvalue weighted by Gasteiger charge is 2.37. The topological polar surface area (TPSA) is 99.8 Å². The number of nitrogens with zero attached hydrogens (tertiary/aromatic N) is 4. The summed E-state index contributed by atoms with van der Waals surface area (Å²) in [7, 11) is 0. The summed E-state index contributed by atoms with van der Waals surface area (Å²) in [5, 5.41) is 18.3. The molecule has 2 N–H and O–H groups in total. The number of hydrogen-bond acceptors (Lipinski definition) is 5. The molecule has 2 aromatic carbocycles. The summed E-state index contributed by atoms with van der Waals surface area (Å²) in [6, 6.07) is 11.7. The maximum atomic E-state index is 13.4. The fourth-order valence-corrected chi connectivity index (χ4v) is 4.65. The highest BCUT2D eigenvalue weighted by atomic mass is 19.4. The highest BCUT2D eigenvalue weighted by molar-refractivity contribution is 6.04. The number of phenolic OH excluding ortho intramolecular Hbond substituents is 1. The second-order valence-electron chi connectivity index (χ2n) is 9.61. The maximum Gasteiger partial charge on any atom is 0.416 e. The van der Waals surface area contributed by atoms with E-state index in [9.17, 15) is 41.0 Å². The van der Waals surface area contributed by atoms with E-state index in [1.54, 1.807) is 42.7 Å². The summed E-state index contributed by atoms with van der Waals surface area (Å²) in [6.45, 7) is -0.636. The number of urea groups is 1. The van der Waals surface area contributed by atoms with Crippen LogP contribution in [0, 0.1) is 0 Å². The molecule has 43 heavy (non-hydrogen) atoms. The van der Waals surface area contributed by atoms with Crippen molar-refractivity contribution >= 4 is 17.4 Å². The van der Waals surface area contributed by atoms with E-state index in [1.807, 2.05) is 0 Å². The van der Waals surface area contributed by atoms with Crippen LogP contribution in [0.1, 0.15) is 40.3 Å². The van der Waals surface area contributed by atoms with Gasteiger partial charge in [-0.2, -0.15) is 31.4 Å². The van der Waals surface area contributed by atoms with Crippen LogP contribution in [0.4, 0.5) is 36.8 Å². The average Bonchev–Trinajstić information content (AvgIpc) is 3.40. The lowest BCUT2D eigenvalue weighted by Gasteiger charge is -2.23. The van der Waals surface area contributed by atoms with Gasteiger partial charge < -0.3 is 15.0 Å². The molecule has 1 aliphatic heterocycles. The van der Waals surface area contributed by atoms with Crippen LogP contribution in [0.2, 0.25) is 0 Å². The van der Waals surface area contributed by atoms with E-state index in [2.05, 4.69) is 15.4 Å². The third kappa shape index (κ3) is 6.37. The van der Waals surface area contributed by atoms with Crippen molar-refractivity contribution in [1.82, 2.24) is 14.6 Å². The van der Waals surface area contributed by atoms with Gasteiger partial charge in [-0.25, -0.2) is 9.80 Å². The minimum atomic E-state index is -5.05. The predicted molar refractivity (Wildman–Crippen MR) is 143 cm³/mol. The fraction of sp³-hybridized carbons (Fsp3) is 0.172. The normalized spacial score (nSPS) is 15.3. The zero-order valence-corrected chi connectivity index (χ0v) is 21.9. The SMILES string of the molecule is O=C(Nc1cccn(Cc2cc(C(F)(F)F)cc(C(F)(F)F)c2)c1=O)N1N=C(c2cccnc2)CC1c1ccccc1O. The van der Waals surface area contributed by atoms with Gasteiger partial charge in [0.2, 0.25) is 0 Å². The summed E-state index contributed by atoms with van der Waals surface area (Å²) >= 11 is 0. The van der Waals surface area contributed by atoms with Crippen LogP contribution in [0.5, 0.6) is 5.75 Å². The Balaban J connectivity index is 1.45. The molecular weight excluding hydrogens is 580 g/mol. The lowest BCUT2D eigenvalue weighted by atomic mass is 9.98. The van der Waals surface area contributed by atoms with Gasteiger partial charge in [0.1, 0.15) is 11.4 Å². The van der Waals surface area contributed by atoms with Crippen molar-refractivity contribution in [1.29, 1.82) is 0 Å². The molecule has 14 heteroatoms. The van der Waals surface area contributed by atoms with Gasteiger partial charge >= 0.3 is 18.4 Å². The third-order valence-corrected chi connectivity index (χ3v) is 6.67. The van der Waals surface area contributed by atoms with Crippen molar-refractivity contribution in [3.8, 4) is 5.75 Å². The zero-order chi connectivity index (χ0) is 30.9. The van der Waals surface area contributed by atoms with Crippen LogP contribution in [0.25, 0.3) is 0 Å². The minimum Gasteiger partial charge on any atom is -0.508 e. The number of aromatic hydroxyl groups is 1. The summed E-state index contributed by atoms with van der Waals surface area (Å²) in [5.41, 5.74) is -3.13. The first-order chi connectivity index (χ1) is 20.3. The van der Waals surface area contributed by atoms with Crippen molar-refractivity contribution in [3.63, 3.8) is 0 Å². The standard InChI is InChI=1S/C29H21F6N5O3/c30-28(31,32)19-11-17(12-20(13-19)29(33,34)35)16-39-10-4-7-22(26(39)42)37-27(43)40-24(21-6-1-2-8-25(21)41)14-23(38-40)18-5-3-9-36-15-18/h1-13,15,24,41H,14,16H2,(H,37,43). The number of amides is 2. The van der Waals surface area contributed by atoms with Gasteiger partial charge in [0.15, 0.2) is 0 Å². The first-order valence-corrected chi connectivity index (χ1v) is 12.6. The van der Waals surface area contributed by atoms with E-state index in [0.717, 1.165) is 9.58 Å². The van der Waals surface area contributed by atoms with Crippen molar-refractivity contribution in [3.05, 3.63) is 123 Å². The Morgan fingerprint density at radius 1 is 0.953 bits per heavy atom. The monoisotopic (exact) mass is 601 g/mol. The molecule has 5 rings (SSSR count). The zero-order valence-electron chi connectivity index (χ0n) is 21.9. The molecule has 2 amide bonds. The quantitative estimate of drug-likeness (QED) is 0.258. The maximum absolute atomic E-state index is 13.4. The molecule has 3 heterocycles. The predicted octanol–water partition coefficient (Wildman–Crippen LogP) is 6.42. The van der Waals surface area contributed by atoms with Crippen molar-refractivity contribution < 1.29 is 36.2 Å². The van der Waals surface area contributed by atoms with Gasteiger partial charge in [-0.1, -0.05) is 24.3 Å². The number of carbonyl (C=O) groups excluding carboxylic acids is 1. The van der Waals surface area contributed by atoms with Gasteiger partial charge in [0, 0.05) is 36.1 Å². The van der Waals surface area contributed by atoms with E-state index in [-0.39, 0.29) is 23.9 Å². The Bertz CT molecular complexity index is 1720. The molecule has 0 saturated heterocycles. The van der Waals surface area contributed by atoms with Gasteiger partial charge in [0.25, 0.3) is 5.56 Å². The second kappa shape index (κ2) is 11.3. The molecule has 2 aromatic heterocycles. The van der Waals surface area contributed by atoms with Crippen LogP contribution in [0.3, 0.4) is 0 Å². The van der Waals surface area contributed by atoms with E-state index < -0.39 is 53.2 Å². The largest absolute Gasteiger partial charge is 0.508 e. The van der Waals surface area contributed by atoms with Gasteiger partial charge in [-0.15, -0.1) is 0 Å². The van der Waals surface area contributed by atoms with Crippen LogP contribution in [0.15, 0.2) is 95.2 Å². The lowest BCUT2D eigenvalue weighted by Crippen LogP contribution is -2.34. The molecule has 1 atom stereocenters. The fourth-order valence-electron chi connectivity index (χ4n) is 4.65. The number of para-hydroxylation sites is 1. The molecule has 0 fully saturated rings. The Kier molecular flexibility index (Phi) is 7.69. The molecule has 8 nitrogen and oxygen atoms in total. The van der Waals surface area contributed by atoms with E-state index in [1.165, 1.54) is 24.4 Å². The van der Waals surface area contributed by atoms with Crippen LogP contribution in [-0.4, -0.2) is 31.4 Å². The number of pyridine rings is 2. The highest BCUT2D eigenvalue weighted by Crippen LogP contribution is 2.38. The van der Waals surface area contributed by atoms with E-state index in [0.29, 0.717) is 29.0 Å². The summed E-state index contributed by atoms with van der Waals surface area (Å²) in [6.07, 6.45) is -5.61. The molecule has 0 bridgehead atoms. The summed E-state index contributed by atoms with van der Waals surface area (Å²) in [4.78, 5) is 30.7. The molecule has 4 aromatic rings. The summed E-state index contributed by atoms with van der Waals surface area (Å²) in [5.74, 6) is -0.0886. The number of nitrogens with one attached hydrogen (secondary N) is 1. The smallest absolute Gasteiger partial charge is 0.416 e. The Morgan fingerprint density at radius 3 is 2.28 bits per heavy atom. The molecule has 1 aliphatic rings. The van der Waals surface area contributed by atoms with E-state index >= 15 is 0 Å². The second-order valence-corrected chi connectivity index (χ2v) is 9.61. The van der Waals surface area contributed by atoms with Gasteiger partial charge in [-0.05, 0) is 48.0 Å². The molecule has 0 spiro atoms. The van der Waals surface area contributed by atoms with Gasteiger partial charge in [-0.3, -0.25) is 9.78 Å². The van der Waals surface area contributed by atoms with Crippen LogP contribution < -0.4 is 10.9 Å². The first-order valence-electron chi connectivity index (χ1n) is 12.6. The number of carbonyl (C=O) groups is 1. The molecule has 0 radical (unpaired) electrons. The lowest BCUT2D eigenvalue weighted by molar-refractivity contribution is -0.143. The average molecular weight is 602 g/mol. The number of rotatable bonds is 5. The number of benzene rings is 2. The van der Waals surface area contributed by atoms with Crippen molar-refractivity contribution in [2.24, 2.45) is 5.10 Å². The number of hydrazone groups is 1. The van der Waals surface area contributed by atoms with Crippen molar-refractivity contribution in [2.45, 2.75) is 31.4 Å². The molecule has 0 saturated carbocycles. The number of halogens is 6. The van der Waals surface area contributed by atoms with Crippen molar-refractivity contribution in [2.75, 3.05) is 5.32 Å². The minimum absolute atomic E-state index is 0.000197. The molecular formula is C29H21F6N5O3. The molecule has 222 valence electrons. The molecule has 0 aliphatic carbocycles. The van der Waals surface area contributed by atoms with Crippen LogP contribution in [-0.2, 0) is 18.9 Å². The Morgan fingerprint density at radius 2 is 1.65 bits per heavy atom. The number of hydrogen-bond donors (Lipinski definition) is 2. The summed E-state index contributed by atoms with van der Waals surface area (Å²) < 4.78 is 80.7. The Labute approximate surface area is 239 Å². The first kappa shape index (κ1) is 29.4. The number of phenols is 1. The third-order valence-electron chi connectivity index (χ3n) is 6.67. The molecule has 1 unspecified atom stereocenters. The van der Waals surface area contributed by atoms with Crippen LogP contribution >= 0.6 is 0 Å². The number of aromatic nitrogens is 2. The number of anilines is 1.